The fraction of sp³-hybridized carbons (Fsp3) is 0.917. The van der Waals surface area contributed by atoms with Crippen LogP contribution in [0.2, 0.25) is 0 Å². The van der Waals surface area contributed by atoms with E-state index in [4.69, 9.17) is 24.9 Å². The maximum Gasteiger partial charge on any atom is 0.315 e. The number of amides is 3. The molecule has 0 aromatic rings. The van der Waals surface area contributed by atoms with Gasteiger partial charge in [-0.25, -0.2) is 4.79 Å². The molecular formula is C24H46N3O8PS. The molecule has 2 aliphatic heterocycles. The summed E-state index contributed by atoms with van der Waals surface area (Å²) < 4.78 is 34.5. The van der Waals surface area contributed by atoms with Gasteiger partial charge in [0.15, 0.2) is 0 Å². The van der Waals surface area contributed by atoms with Crippen LogP contribution in [-0.2, 0) is 28.3 Å². The van der Waals surface area contributed by atoms with E-state index in [1.807, 2.05) is 25.1 Å². The van der Waals surface area contributed by atoms with Crippen molar-refractivity contribution in [2.24, 2.45) is 0 Å². The van der Waals surface area contributed by atoms with Gasteiger partial charge >= 0.3 is 6.03 Å². The molecule has 0 aromatic heterocycles. The largest absolute Gasteiger partial charge is 0.394 e. The van der Waals surface area contributed by atoms with Gasteiger partial charge in [-0.1, -0.05) is 6.42 Å². The number of unbranched alkanes of at least 4 members (excludes halogenated alkanes) is 1. The Hall–Kier alpha value is -0.720. The van der Waals surface area contributed by atoms with Gasteiger partial charge in [0.1, 0.15) is 6.10 Å². The maximum absolute atomic E-state index is 12.0. The average molecular weight is 569 g/mol. The maximum atomic E-state index is 12.0. The molecule has 2 fully saturated rings. The summed E-state index contributed by atoms with van der Waals surface area (Å²) in [5, 5.41) is 13.7. The van der Waals surface area contributed by atoms with Crippen LogP contribution in [0.1, 0.15) is 32.1 Å². The molecule has 0 aliphatic carbocycles. The fourth-order valence-electron chi connectivity index (χ4n) is 4.05. The molecule has 216 valence electrons. The van der Waals surface area contributed by atoms with Gasteiger partial charge in [-0.05, 0) is 32.6 Å². The third-order valence-corrected chi connectivity index (χ3v) is 8.06. The van der Waals surface area contributed by atoms with E-state index in [1.165, 1.54) is 0 Å². The molecule has 0 radical (unpaired) electrons. The summed E-state index contributed by atoms with van der Waals surface area (Å²) in [6.45, 7) is 8.61. The lowest BCUT2D eigenvalue weighted by Gasteiger charge is -2.17. The lowest BCUT2D eigenvalue weighted by molar-refractivity contribution is -0.121. The number of aliphatic hydroxyl groups is 1. The van der Waals surface area contributed by atoms with E-state index in [2.05, 4.69) is 21.1 Å². The fourth-order valence-corrected chi connectivity index (χ4v) is 6.31. The number of fused-ring (bicyclic) bond motifs is 1. The minimum Gasteiger partial charge on any atom is -0.394 e. The van der Waals surface area contributed by atoms with Crippen molar-refractivity contribution >= 4 is 31.8 Å². The minimum atomic E-state index is -0.532. The van der Waals surface area contributed by atoms with Crippen LogP contribution in [0.4, 0.5) is 4.79 Å². The predicted molar refractivity (Wildman–Crippen MR) is 146 cm³/mol. The molecule has 2 heterocycles. The van der Waals surface area contributed by atoms with Crippen molar-refractivity contribution in [1.82, 2.24) is 16.0 Å². The van der Waals surface area contributed by atoms with E-state index in [9.17, 15) is 9.59 Å². The first-order valence-corrected chi connectivity index (χ1v) is 16.4. The molecule has 0 saturated carbocycles. The van der Waals surface area contributed by atoms with Gasteiger partial charge in [-0.2, -0.15) is 11.8 Å². The zero-order valence-electron chi connectivity index (χ0n) is 23.2. The smallest absolute Gasteiger partial charge is 0.315 e. The summed E-state index contributed by atoms with van der Waals surface area (Å²) in [7, 11) is -0.532. The topological polar surface area (TPSA) is 137 Å². The number of nitrogens with one attached hydrogen (secondary N) is 3. The molecule has 2 aliphatic rings. The number of urea groups is 1. The minimum absolute atomic E-state index is 0.0546. The number of carbonyl (C=O) groups is 2. The summed E-state index contributed by atoms with van der Waals surface area (Å²) in [5.41, 5.74) is 0. The zero-order valence-corrected chi connectivity index (χ0v) is 24.0. The van der Waals surface area contributed by atoms with Crippen LogP contribution in [0.3, 0.4) is 0 Å². The summed E-state index contributed by atoms with van der Waals surface area (Å²) in [6.07, 6.45) is 3.95. The number of ether oxygens (including phenoxy) is 4. The normalized spacial score (nSPS) is 22.0. The van der Waals surface area contributed by atoms with Crippen LogP contribution in [0.25, 0.3) is 0 Å². The monoisotopic (exact) mass is 568 g/mol. The Morgan fingerprint density at radius 2 is 1.78 bits per heavy atom. The van der Waals surface area contributed by atoms with E-state index in [0.717, 1.165) is 31.4 Å². The van der Waals surface area contributed by atoms with Gasteiger partial charge < -0.3 is 44.5 Å². The van der Waals surface area contributed by atoms with Crippen LogP contribution in [0, 0.1) is 0 Å². The number of thioether (sulfide) groups is 1. The number of hydrogen-bond donors (Lipinski definition) is 4. The van der Waals surface area contributed by atoms with Gasteiger partial charge in [0, 0.05) is 38.7 Å². The quantitative estimate of drug-likeness (QED) is 0.0772. The molecule has 2 rings (SSSR count). The second-order valence-electron chi connectivity index (χ2n) is 9.19. The van der Waals surface area contributed by atoms with Crippen molar-refractivity contribution in [2.75, 3.05) is 85.1 Å². The zero-order chi connectivity index (χ0) is 27.4. The Morgan fingerprint density at radius 1 is 1.08 bits per heavy atom. The van der Waals surface area contributed by atoms with E-state index in [0.29, 0.717) is 71.1 Å². The molecule has 0 spiro atoms. The lowest BCUT2D eigenvalue weighted by atomic mass is 10.0. The molecule has 11 nitrogen and oxygen atoms in total. The summed E-state index contributed by atoms with van der Waals surface area (Å²) >= 11 is 1.91. The number of hydrogen-bond acceptors (Lipinski definition) is 9. The van der Waals surface area contributed by atoms with Crippen molar-refractivity contribution in [3.05, 3.63) is 0 Å². The van der Waals surface area contributed by atoms with E-state index in [-0.39, 0.29) is 36.7 Å². The third kappa shape index (κ3) is 14.9. The number of carbonyl (C=O) groups excluding carboxylic acids is 2. The molecule has 2 saturated heterocycles. The van der Waals surface area contributed by atoms with E-state index in [1.54, 1.807) is 0 Å². The Morgan fingerprint density at radius 3 is 2.49 bits per heavy atom. The molecule has 0 aromatic carbocycles. The van der Waals surface area contributed by atoms with Crippen molar-refractivity contribution in [3.63, 3.8) is 0 Å². The summed E-state index contributed by atoms with van der Waals surface area (Å²) in [5.74, 6) is 1.05. The number of rotatable bonds is 24. The van der Waals surface area contributed by atoms with E-state index >= 15 is 0 Å². The van der Waals surface area contributed by atoms with Gasteiger partial charge in [0.2, 0.25) is 7.34 Å². The van der Waals surface area contributed by atoms with Crippen LogP contribution in [0.5, 0.6) is 0 Å². The molecule has 4 N–H and O–H groups in total. The van der Waals surface area contributed by atoms with Crippen LogP contribution in [0.15, 0.2) is 0 Å². The Kier molecular flexibility index (Phi) is 16.8. The first kappa shape index (κ1) is 30.8. The Balaban J connectivity index is 1.28. The second-order valence-corrected chi connectivity index (χ2v) is 12.3. The molecule has 0 bridgehead atoms. The summed E-state index contributed by atoms with van der Waals surface area (Å²) in [6, 6.07) is 0.434. The first-order chi connectivity index (χ1) is 18.5. The molecule has 3 amide bonds. The van der Waals surface area contributed by atoms with Crippen LogP contribution in [-0.4, -0.2) is 127 Å². The van der Waals surface area contributed by atoms with Crippen molar-refractivity contribution in [3.8, 4) is 0 Å². The van der Waals surface area contributed by atoms with Crippen molar-refractivity contribution in [1.29, 1.82) is 1.43 Å². The van der Waals surface area contributed by atoms with Crippen molar-refractivity contribution < 1.29 is 38.2 Å². The summed E-state index contributed by atoms with van der Waals surface area (Å²) in [4.78, 5) is 23.4. The van der Waals surface area contributed by atoms with E-state index < -0.39 is 8.15 Å². The van der Waals surface area contributed by atoms with Gasteiger partial charge in [-0.15, -0.1) is 0 Å². The van der Waals surface area contributed by atoms with Crippen LogP contribution >= 0.6 is 19.9 Å². The average Bonchev–Trinajstić information content (AvgIpc) is 3.43. The SMILES string of the molecule is [2H]OCC(COCCOCCOCCOCCCNC(=O)CCCCC1SCC2NC(=O)NC21)OP(C)C. The third-order valence-electron chi connectivity index (χ3n) is 5.83. The second kappa shape index (κ2) is 20.2. The molecule has 4 unspecified atom stereocenters. The number of aliphatic hydroxyl groups excluding tert-OH is 1. The highest BCUT2D eigenvalue weighted by Crippen LogP contribution is 2.33. The lowest BCUT2D eigenvalue weighted by Crippen LogP contribution is -2.36. The molecule has 4 atom stereocenters. The Bertz CT molecular complexity index is 658. The first-order valence-electron chi connectivity index (χ1n) is 13.6. The van der Waals surface area contributed by atoms with Gasteiger partial charge in [0.25, 0.3) is 0 Å². The van der Waals surface area contributed by atoms with Gasteiger partial charge in [-0.3, -0.25) is 4.79 Å². The van der Waals surface area contributed by atoms with Crippen molar-refractivity contribution in [2.45, 2.75) is 55.5 Å². The highest BCUT2D eigenvalue weighted by atomic mass is 32.2. The highest BCUT2D eigenvalue weighted by Gasteiger charge is 2.42. The molecular weight excluding hydrogens is 521 g/mol. The van der Waals surface area contributed by atoms with Gasteiger partial charge in [0.05, 0.1) is 64.9 Å². The highest BCUT2D eigenvalue weighted by molar-refractivity contribution is 8.00. The molecule has 37 heavy (non-hydrogen) atoms. The standard InChI is InChI=1S/C24H46N3O8PS/c1-36(2)35-19(16-28)17-34-15-14-33-13-12-32-11-10-31-9-5-8-25-22(29)7-4-3-6-21-23-20(18-37-21)26-24(30)27-23/h19-21,23,28H,3-18H2,1-2H3,(H,25,29)(H2,26,27,30)/i28D. The van der Waals surface area contributed by atoms with Crippen LogP contribution < -0.4 is 16.0 Å². The molecule has 13 heteroatoms. The Labute approximate surface area is 228 Å². The predicted octanol–water partition coefficient (Wildman–Crippen LogP) is 1.32.